The first-order valence-corrected chi connectivity index (χ1v) is 6.81. The van der Waals surface area contributed by atoms with Crippen LogP contribution in [-0.2, 0) is 10.0 Å². The van der Waals surface area contributed by atoms with E-state index in [1.54, 1.807) is 24.3 Å². The van der Waals surface area contributed by atoms with Gasteiger partial charge in [-0.05, 0) is 37.3 Å². The molecule has 0 spiro atoms. The molecule has 0 aromatic heterocycles. The van der Waals surface area contributed by atoms with Crippen molar-refractivity contribution in [3.05, 3.63) is 59.9 Å². The molecule has 5 heteroatoms. The van der Waals surface area contributed by atoms with E-state index in [1.165, 1.54) is 18.2 Å². The van der Waals surface area contributed by atoms with E-state index in [0.717, 1.165) is 11.6 Å². The lowest BCUT2D eigenvalue weighted by Gasteiger charge is -2.08. The minimum atomic E-state index is -3.74. The summed E-state index contributed by atoms with van der Waals surface area (Å²) in [6.45, 7) is 1.91. The van der Waals surface area contributed by atoms with Gasteiger partial charge in [0.1, 0.15) is 5.82 Å². The van der Waals surface area contributed by atoms with Crippen molar-refractivity contribution >= 4 is 15.7 Å². The largest absolute Gasteiger partial charge is 0.280 e. The summed E-state index contributed by atoms with van der Waals surface area (Å²) in [4.78, 5) is -0.0944. The summed E-state index contributed by atoms with van der Waals surface area (Å²) in [5, 5.41) is 0. The lowest BCUT2D eigenvalue weighted by atomic mass is 10.2. The van der Waals surface area contributed by atoms with Crippen LogP contribution in [0, 0.1) is 12.7 Å². The van der Waals surface area contributed by atoms with Crippen LogP contribution in [0.2, 0.25) is 0 Å². The lowest BCUT2D eigenvalue weighted by molar-refractivity contribution is 0.595. The van der Waals surface area contributed by atoms with Gasteiger partial charge in [0, 0.05) is 5.69 Å². The molecule has 2 rings (SSSR count). The van der Waals surface area contributed by atoms with Crippen molar-refractivity contribution in [3.8, 4) is 0 Å². The Morgan fingerprint density at radius 2 is 1.72 bits per heavy atom. The van der Waals surface area contributed by atoms with Crippen LogP contribution in [0.1, 0.15) is 5.56 Å². The van der Waals surface area contributed by atoms with E-state index in [4.69, 9.17) is 0 Å². The fourth-order valence-corrected chi connectivity index (χ4v) is 2.56. The molecule has 0 aliphatic rings. The molecule has 18 heavy (non-hydrogen) atoms. The second-order valence-electron chi connectivity index (χ2n) is 3.93. The second-order valence-corrected chi connectivity index (χ2v) is 5.61. The molecule has 0 aliphatic carbocycles. The summed E-state index contributed by atoms with van der Waals surface area (Å²) in [6.07, 6.45) is 0. The first-order valence-electron chi connectivity index (χ1n) is 5.32. The van der Waals surface area contributed by atoms with Crippen molar-refractivity contribution in [2.24, 2.45) is 0 Å². The summed E-state index contributed by atoms with van der Waals surface area (Å²) >= 11 is 0. The summed E-state index contributed by atoms with van der Waals surface area (Å²) in [5.74, 6) is -0.582. The van der Waals surface area contributed by atoms with Gasteiger partial charge in [-0.2, -0.15) is 0 Å². The number of hydrogen-bond donors (Lipinski definition) is 1. The fourth-order valence-electron chi connectivity index (χ4n) is 1.47. The number of rotatable bonds is 3. The minimum absolute atomic E-state index is 0.0944. The Labute approximate surface area is 105 Å². The maximum atomic E-state index is 13.0. The van der Waals surface area contributed by atoms with E-state index < -0.39 is 15.8 Å². The van der Waals surface area contributed by atoms with Crippen molar-refractivity contribution in [2.75, 3.05) is 4.72 Å². The van der Waals surface area contributed by atoms with Gasteiger partial charge in [0.05, 0.1) is 4.90 Å². The Bertz CT molecular complexity index is 651. The smallest absolute Gasteiger partial charge is 0.261 e. The van der Waals surface area contributed by atoms with Gasteiger partial charge in [-0.3, -0.25) is 4.72 Å². The molecule has 3 nitrogen and oxygen atoms in total. The summed E-state index contributed by atoms with van der Waals surface area (Å²) in [5.41, 5.74) is 1.48. The third kappa shape index (κ3) is 2.87. The van der Waals surface area contributed by atoms with Gasteiger partial charge < -0.3 is 0 Å². The molecule has 0 aliphatic heterocycles. The highest BCUT2D eigenvalue weighted by molar-refractivity contribution is 7.92. The quantitative estimate of drug-likeness (QED) is 0.927. The summed E-state index contributed by atoms with van der Waals surface area (Å²) in [7, 11) is -3.74. The van der Waals surface area contributed by atoms with Crippen LogP contribution < -0.4 is 4.72 Å². The van der Waals surface area contributed by atoms with Gasteiger partial charge in [0.15, 0.2) is 0 Å². The zero-order valence-corrected chi connectivity index (χ0v) is 10.5. The molecule has 0 saturated heterocycles. The van der Waals surface area contributed by atoms with Crippen molar-refractivity contribution < 1.29 is 12.8 Å². The zero-order chi connectivity index (χ0) is 13.2. The van der Waals surface area contributed by atoms with E-state index in [1.807, 2.05) is 6.92 Å². The number of benzene rings is 2. The fraction of sp³-hybridized carbons (Fsp3) is 0.0769. The van der Waals surface area contributed by atoms with E-state index >= 15 is 0 Å². The van der Waals surface area contributed by atoms with Gasteiger partial charge in [0.25, 0.3) is 10.0 Å². The Kier molecular flexibility index (Phi) is 3.34. The standard InChI is InChI=1S/C13H12FNO2S/c1-10-5-7-12(8-6-10)15-18(16,17)13-4-2-3-11(14)9-13/h2-9,15H,1H3. The van der Waals surface area contributed by atoms with Crippen molar-refractivity contribution in [1.82, 2.24) is 0 Å². The third-order valence-corrected chi connectivity index (χ3v) is 3.79. The molecule has 0 fully saturated rings. The van der Waals surface area contributed by atoms with Gasteiger partial charge >= 0.3 is 0 Å². The molecule has 0 bridgehead atoms. The average Bonchev–Trinajstić information content (AvgIpc) is 2.32. The maximum Gasteiger partial charge on any atom is 0.261 e. The first kappa shape index (κ1) is 12.6. The molecular weight excluding hydrogens is 253 g/mol. The monoisotopic (exact) mass is 265 g/mol. The predicted molar refractivity (Wildman–Crippen MR) is 68.4 cm³/mol. The number of anilines is 1. The van der Waals surface area contributed by atoms with Crippen LogP contribution in [0.15, 0.2) is 53.4 Å². The van der Waals surface area contributed by atoms with Crippen LogP contribution >= 0.6 is 0 Å². The van der Waals surface area contributed by atoms with Gasteiger partial charge in [-0.25, -0.2) is 12.8 Å². The van der Waals surface area contributed by atoms with E-state index in [-0.39, 0.29) is 4.90 Å². The molecule has 0 amide bonds. The van der Waals surface area contributed by atoms with Crippen LogP contribution in [0.25, 0.3) is 0 Å². The van der Waals surface area contributed by atoms with E-state index in [0.29, 0.717) is 5.69 Å². The topological polar surface area (TPSA) is 46.2 Å². The van der Waals surface area contributed by atoms with Crippen LogP contribution in [0.4, 0.5) is 10.1 Å². The average molecular weight is 265 g/mol. The Morgan fingerprint density at radius 3 is 2.33 bits per heavy atom. The zero-order valence-electron chi connectivity index (χ0n) is 9.72. The Balaban J connectivity index is 2.30. The minimum Gasteiger partial charge on any atom is -0.280 e. The first-order chi connectivity index (χ1) is 8.47. The van der Waals surface area contributed by atoms with Crippen molar-refractivity contribution in [1.29, 1.82) is 0 Å². The highest BCUT2D eigenvalue weighted by atomic mass is 32.2. The number of hydrogen-bond acceptors (Lipinski definition) is 2. The number of halogens is 1. The molecular formula is C13H12FNO2S. The van der Waals surface area contributed by atoms with Gasteiger partial charge in [0.2, 0.25) is 0 Å². The van der Waals surface area contributed by atoms with Crippen LogP contribution in [0.5, 0.6) is 0 Å². The summed E-state index contributed by atoms with van der Waals surface area (Å²) < 4.78 is 39.3. The number of nitrogens with one attached hydrogen (secondary N) is 1. The molecule has 1 N–H and O–H groups in total. The molecule has 0 heterocycles. The SMILES string of the molecule is Cc1ccc(NS(=O)(=O)c2cccc(F)c2)cc1. The van der Waals surface area contributed by atoms with Crippen LogP contribution in [-0.4, -0.2) is 8.42 Å². The number of sulfonamides is 1. The van der Waals surface area contributed by atoms with E-state index in [2.05, 4.69) is 4.72 Å². The number of aryl methyl sites for hydroxylation is 1. The van der Waals surface area contributed by atoms with E-state index in [9.17, 15) is 12.8 Å². The molecule has 0 unspecified atom stereocenters. The lowest BCUT2D eigenvalue weighted by Crippen LogP contribution is -2.13. The molecule has 2 aromatic rings. The highest BCUT2D eigenvalue weighted by Crippen LogP contribution is 2.17. The molecule has 0 saturated carbocycles. The molecule has 94 valence electrons. The Morgan fingerprint density at radius 1 is 1.06 bits per heavy atom. The Hall–Kier alpha value is -1.88. The summed E-state index contributed by atoms with van der Waals surface area (Å²) in [6, 6.07) is 11.8. The molecule has 2 aromatic carbocycles. The van der Waals surface area contributed by atoms with Gasteiger partial charge in [-0.1, -0.05) is 23.8 Å². The predicted octanol–water partition coefficient (Wildman–Crippen LogP) is 2.93. The molecule has 0 radical (unpaired) electrons. The van der Waals surface area contributed by atoms with Gasteiger partial charge in [-0.15, -0.1) is 0 Å². The second kappa shape index (κ2) is 4.78. The van der Waals surface area contributed by atoms with Crippen LogP contribution in [0.3, 0.4) is 0 Å². The normalized spacial score (nSPS) is 11.2. The highest BCUT2D eigenvalue weighted by Gasteiger charge is 2.14. The molecule has 0 atom stereocenters. The van der Waals surface area contributed by atoms with Crippen molar-refractivity contribution in [3.63, 3.8) is 0 Å². The third-order valence-electron chi connectivity index (χ3n) is 2.41. The van der Waals surface area contributed by atoms with Crippen molar-refractivity contribution in [2.45, 2.75) is 11.8 Å². The maximum absolute atomic E-state index is 13.0.